The summed E-state index contributed by atoms with van der Waals surface area (Å²) in [4.78, 5) is 95.7. The van der Waals surface area contributed by atoms with Gasteiger partial charge in [0.05, 0.1) is 120 Å². The molecule has 0 aliphatic carbocycles. The monoisotopic (exact) mass is 1860 g/mol. The third-order valence-corrected chi connectivity index (χ3v) is 29.6. The van der Waals surface area contributed by atoms with Crippen LogP contribution in [0.4, 0.5) is 47.7 Å². The number of halogens is 6. The van der Waals surface area contributed by atoms with Crippen molar-refractivity contribution in [1.29, 1.82) is 15.8 Å². The maximum absolute atomic E-state index is 14.8. The number of amides is 3. The smallest absolute Gasteiger partial charge is 0.318 e. The summed E-state index contributed by atoms with van der Waals surface area (Å²) in [5.41, 5.74) is 9.73. The van der Waals surface area contributed by atoms with E-state index < -0.39 is 65.0 Å². The highest BCUT2D eigenvalue weighted by atomic mass is 35.5. The van der Waals surface area contributed by atoms with E-state index in [0.717, 1.165) is 139 Å². The van der Waals surface area contributed by atoms with Crippen molar-refractivity contribution in [1.82, 2.24) is 59.3 Å². The van der Waals surface area contributed by atoms with Crippen LogP contribution in [0.25, 0.3) is 32.3 Å². The van der Waals surface area contributed by atoms with E-state index in [1.165, 1.54) is 14.7 Å². The lowest BCUT2D eigenvalue weighted by Crippen LogP contribution is -2.56. The number of likely N-dealkylation sites (tertiary alicyclic amines) is 1. The lowest BCUT2D eigenvalue weighted by molar-refractivity contribution is -0.132. The predicted octanol–water partition coefficient (Wildman–Crippen LogP) is 14.3. The molecule has 0 spiro atoms. The first-order valence-electron chi connectivity index (χ1n) is 46.1. The van der Waals surface area contributed by atoms with Crippen molar-refractivity contribution in [3.05, 3.63) is 194 Å². The number of carbonyl (C=O) groups is 3. The summed E-state index contributed by atoms with van der Waals surface area (Å²) < 4.78 is 70.6. The van der Waals surface area contributed by atoms with Gasteiger partial charge in [-0.25, -0.2) is 13.2 Å². The van der Waals surface area contributed by atoms with E-state index in [4.69, 9.17) is 83.7 Å². The third-order valence-electron chi connectivity index (χ3n) is 28.7. The van der Waals surface area contributed by atoms with E-state index in [1.807, 2.05) is 54.6 Å². The number of fused-ring (bicyclic) bond motifs is 7. The topological polar surface area (TPSA) is 276 Å². The zero-order chi connectivity index (χ0) is 92.2. The number of nitrogens with zero attached hydrogens (tertiary/aromatic N) is 21. The molecule has 9 aromatic rings. The van der Waals surface area contributed by atoms with Gasteiger partial charge in [0.25, 0.3) is 17.7 Å². The highest BCUT2D eigenvalue weighted by Crippen LogP contribution is 2.52. The Bertz CT molecular complexity index is 6250. The first kappa shape index (κ1) is 90.3. The Hall–Kier alpha value is -11.9. The number of aromatic nitrogens is 6. The fourth-order valence-electron chi connectivity index (χ4n) is 22.1. The van der Waals surface area contributed by atoms with Crippen molar-refractivity contribution in [2.75, 3.05) is 161 Å². The summed E-state index contributed by atoms with van der Waals surface area (Å²) in [7, 11) is 0. The Balaban J connectivity index is 0.586. The number of piperazine rings is 3. The van der Waals surface area contributed by atoms with Crippen LogP contribution in [0.3, 0.4) is 0 Å². The van der Waals surface area contributed by atoms with Crippen LogP contribution in [0.2, 0.25) is 15.1 Å². The molecule has 13 heterocycles. The van der Waals surface area contributed by atoms with Crippen LogP contribution < -0.4 is 43.6 Å². The summed E-state index contributed by atoms with van der Waals surface area (Å²) >= 11 is 21.6. The zero-order valence-electron chi connectivity index (χ0n) is 74.7. The van der Waals surface area contributed by atoms with Crippen LogP contribution in [-0.4, -0.2) is 250 Å². The van der Waals surface area contributed by atoms with E-state index in [1.54, 1.807) is 0 Å². The van der Waals surface area contributed by atoms with Gasteiger partial charge in [0.15, 0.2) is 17.5 Å². The van der Waals surface area contributed by atoms with Gasteiger partial charge in [-0.15, -0.1) is 0 Å². The maximum atomic E-state index is 14.8. The van der Waals surface area contributed by atoms with Gasteiger partial charge in [0.2, 0.25) is 0 Å². The number of carbonyl (C=O) groups excluding carboxylic acids is 3. The Morgan fingerprint density at radius 2 is 0.955 bits per heavy atom. The molecule has 10 aliphatic heterocycles. The second-order valence-corrected chi connectivity index (χ2v) is 38.0. The second-order valence-electron chi connectivity index (χ2n) is 36.8. The normalized spacial score (nSPS) is 22.3. The average Bonchev–Trinajstić information content (AvgIpc) is 1.62. The second kappa shape index (κ2) is 38.3. The molecule has 690 valence electrons. The molecule has 0 bridgehead atoms. The number of ether oxygens (including phenoxy) is 4. The minimum atomic E-state index is -1.09. The molecule has 3 aromatic heterocycles. The molecule has 4 unspecified atom stereocenters. The largest absolute Gasteiger partial charge is 0.462 e. The van der Waals surface area contributed by atoms with Crippen LogP contribution >= 0.6 is 34.8 Å². The van der Waals surface area contributed by atoms with Gasteiger partial charge >= 0.3 is 18.0 Å². The number of nitriles is 3. The molecule has 133 heavy (non-hydrogen) atoms. The molecule has 10 aliphatic rings. The Kier molecular flexibility index (Phi) is 26.0. The molecular formula is C99H105Cl3F3N21O7. The van der Waals surface area contributed by atoms with Crippen molar-refractivity contribution in [3.63, 3.8) is 0 Å². The summed E-state index contributed by atoms with van der Waals surface area (Å²) in [6.45, 7) is 24.0. The van der Waals surface area contributed by atoms with E-state index >= 15 is 0 Å². The number of anilines is 6. The number of hydrogen-bond acceptors (Lipinski definition) is 25. The highest BCUT2D eigenvalue weighted by molar-refractivity contribution is 6.38. The molecule has 34 heteroatoms. The van der Waals surface area contributed by atoms with Crippen LogP contribution in [-0.2, 0) is 64.6 Å². The SMILES string of the molecule is C=C(F)C(=O)N1CCN(c2nc(OCC3CN(Cc4cc(N5CCc6c(nc(OCC78CCCN7C(c7cc(N9CCc%10c(nc(OCC%11CCN%11C(C)C)nc%10N%10CCN(C(=O)C(=C)F)[C@@H](CC#N)C%10)C9)c9c(Cl)cccc9c7)CC8)nc6N6CCN(C(=O)C(=C)F)[C@@H](CC#N)C6)C5)c5c(Cl)cccc5c4)CCO3)nc3c2CCN(c2cccc4cccc(Cl)c24)C3)C[C@@H]1CC#N. The molecule has 3 amide bonds. The molecule has 28 nitrogen and oxygen atoms in total. The third kappa shape index (κ3) is 18.0. The quantitative estimate of drug-likeness (QED) is 0.0481. The van der Waals surface area contributed by atoms with Crippen LogP contribution in [0.5, 0.6) is 18.0 Å². The van der Waals surface area contributed by atoms with E-state index in [9.17, 15) is 43.3 Å². The summed E-state index contributed by atoms with van der Waals surface area (Å²) in [6, 6.07) is 38.9. The van der Waals surface area contributed by atoms with Crippen molar-refractivity contribution >= 4 is 119 Å². The zero-order valence-corrected chi connectivity index (χ0v) is 76.9. The van der Waals surface area contributed by atoms with Crippen molar-refractivity contribution in [3.8, 4) is 36.2 Å². The van der Waals surface area contributed by atoms with Crippen molar-refractivity contribution < 1.29 is 46.5 Å². The van der Waals surface area contributed by atoms with Crippen LogP contribution in [0.15, 0.2) is 134 Å². The van der Waals surface area contributed by atoms with Gasteiger partial charge in [0, 0.05) is 173 Å². The summed E-state index contributed by atoms with van der Waals surface area (Å²) in [5, 5.41) is 37.8. The summed E-state index contributed by atoms with van der Waals surface area (Å²) in [5.74, 6) is -3.77. The highest BCUT2D eigenvalue weighted by Gasteiger charge is 2.51. The average molecular weight is 1860 g/mol. The Morgan fingerprint density at radius 3 is 1.44 bits per heavy atom. The minimum Gasteiger partial charge on any atom is -0.462 e. The molecule has 19 rings (SSSR count). The molecule has 0 saturated carbocycles. The number of hydrogen-bond donors (Lipinski definition) is 0. The number of benzene rings is 6. The Morgan fingerprint density at radius 1 is 0.496 bits per heavy atom. The van der Waals surface area contributed by atoms with Gasteiger partial charge in [-0.1, -0.05) is 103 Å². The molecule has 0 radical (unpaired) electrons. The van der Waals surface area contributed by atoms with Gasteiger partial charge in [0.1, 0.15) is 43.4 Å². The summed E-state index contributed by atoms with van der Waals surface area (Å²) in [6.07, 6.45) is 5.63. The van der Waals surface area contributed by atoms with Gasteiger partial charge in [-0.2, -0.15) is 45.7 Å². The van der Waals surface area contributed by atoms with Crippen molar-refractivity contribution in [2.45, 2.75) is 159 Å². The number of rotatable bonds is 25. The van der Waals surface area contributed by atoms with E-state index in [-0.39, 0.29) is 102 Å². The first-order chi connectivity index (χ1) is 64.5. The lowest BCUT2D eigenvalue weighted by atomic mass is 9.94. The molecule has 7 fully saturated rings. The lowest BCUT2D eigenvalue weighted by Gasteiger charge is -2.43. The standard InChI is InChI=1S/C99H105Cl3F3N21O7/c1-60(2)122-36-23-72(122)57-131-96-109-81-56-118(35-26-75(81)90(112-96)119-37-40-123(93(127)61(3)103)69(50-119)20-29-106)86-48-68(47-67-14-8-17-79(102)89(67)86)83-19-28-99(27-10-32-126(83)99)59-133-98-111-82-55-117(34-25-76(82)92(114-98)121-39-42-125(95(129)63(5)105)71(52-121)22-31-108)85-46-64(45-66-13-7-16-78(101)88(66)85)49-115-43-44-130-73(53-115)58-132-97-110-80-54-116(84-18-9-12-65-11-6-15-77(100)87(65)84)33-24-74(80)91(113-97)120-38-41-124(94(128)62(4)104)70(51-120)21-30-107/h6-9,11-18,45-48,60,69-73,83H,3-5,10,19-28,32-44,49-59H2,1-2H3/t69-,70-,71-,72?,73?,83?,99?/m0/s1. The molecule has 7 atom stereocenters. The molecule has 6 aromatic carbocycles. The van der Waals surface area contributed by atoms with Gasteiger partial charge < -0.3 is 63.0 Å². The first-order valence-corrected chi connectivity index (χ1v) is 47.2. The van der Waals surface area contributed by atoms with Crippen LogP contribution in [0.1, 0.15) is 116 Å². The fraction of sp³-hybridized carbons (Fsp3) is 0.455. The fourth-order valence-corrected chi connectivity index (χ4v) is 23.0. The minimum absolute atomic E-state index is 0.00190. The van der Waals surface area contributed by atoms with E-state index in [0.29, 0.717) is 150 Å². The maximum Gasteiger partial charge on any atom is 0.318 e. The molecule has 0 N–H and O–H groups in total. The van der Waals surface area contributed by atoms with E-state index in [2.05, 4.69) is 138 Å². The van der Waals surface area contributed by atoms with Gasteiger partial charge in [-0.3, -0.25) is 29.1 Å². The predicted molar refractivity (Wildman–Crippen MR) is 504 cm³/mol. The number of morpholine rings is 1. The van der Waals surface area contributed by atoms with Crippen molar-refractivity contribution in [2.24, 2.45) is 0 Å². The van der Waals surface area contributed by atoms with Gasteiger partial charge in [-0.05, 0) is 148 Å². The molecule has 7 saturated heterocycles. The molecular weight excluding hydrogens is 1760 g/mol. The van der Waals surface area contributed by atoms with Crippen LogP contribution in [0, 0.1) is 34.0 Å². The Labute approximate surface area is 785 Å².